The van der Waals surface area contributed by atoms with Gasteiger partial charge in [-0.15, -0.1) is 0 Å². The highest BCUT2D eigenvalue weighted by atomic mass is 16.5. The summed E-state index contributed by atoms with van der Waals surface area (Å²) in [6.07, 6.45) is 4.88. The van der Waals surface area contributed by atoms with E-state index in [0.717, 1.165) is 73.8 Å². The second-order valence-corrected chi connectivity index (χ2v) is 9.11. The van der Waals surface area contributed by atoms with E-state index in [1.807, 2.05) is 6.33 Å². The number of nitrogens with zero attached hydrogens (tertiary/aromatic N) is 5. The van der Waals surface area contributed by atoms with Crippen LogP contribution in [0.25, 0.3) is 22.4 Å². The van der Waals surface area contributed by atoms with Gasteiger partial charge in [0.15, 0.2) is 5.65 Å². The Hall–Kier alpha value is -3.08. The minimum atomic E-state index is -0.330. The summed E-state index contributed by atoms with van der Waals surface area (Å²) < 4.78 is 7.62. The van der Waals surface area contributed by atoms with E-state index in [1.165, 1.54) is 5.56 Å². The van der Waals surface area contributed by atoms with E-state index in [0.29, 0.717) is 19.6 Å². The Balaban J connectivity index is 1.49. The summed E-state index contributed by atoms with van der Waals surface area (Å²) in [5, 5.41) is 12.0. The van der Waals surface area contributed by atoms with Crippen molar-refractivity contribution in [1.82, 2.24) is 30.3 Å². The van der Waals surface area contributed by atoms with E-state index in [2.05, 4.69) is 57.9 Å². The molecule has 3 heterocycles. The summed E-state index contributed by atoms with van der Waals surface area (Å²) in [6, 6.07) is 8.65. The highest BCUT2D eigenvalue weighted by molar-refractivity contribution is 5.88. The second-order valence-electron chi connectivity index (χ2n) is 9.11. The molecule has 0 aliphatic carbocycles. The van der Waals surface area contributed by atoms with Crippen LogP contribution < -0.4 is 15.7 Å². The first-order chi connectivity index (χ1) is 17.1. The quantitative estimate of drug-likeness (QED) is 0.217. The molecule has 1 aromatic carbocycles. The molecule has 2 aromatic heterocycles. The number of imidazole rings is 1. The highest BCUT2D eigenvalue weighted by Crippen LogP contribution is 2.29. The van der Waals surface area contributed by atoms with E-state index < -0.39 is 0 Å². The lowest BCUT2D eigenvalue weighted by atomic mass is 10.1. The number of anilines is 1. The zero-order valence-corrected chi connectivity index (χ0v) is 20.5. The third kappa shape index (κ3) is 6.33. The summed E-state index contributed by atoms with van der Waals surface area (Å²) in [4.78, 5) is 27.8. The molecule has 0 unspecified atom stereocenters. The van der Waals surface area contributed by atoms with Crippen LogP contribution in [0.3, 0.4) is 0 Å². The first-order valence-corrected chi connectivity index (χ1v) is 12.4. The summed E-state index contributed by atoms with van der Waals surface area (Å²) in [7, 11) is 0. The fraction of sp³-hybridized carbons (Fsp3) is 0.520. The van der Waals surface area contributed by atoms with Crippen LogP contribution in [0.15, 0.2) is 30.6 Å². The Labute approximate surface area is 205 Å². The molecule has 0 atom stereocenters. The molecule has 1 aliphatic heterocycles. The van der Waals surface area contributed by atoms with Crippen molar-refractivity contribution in [2.24, 2.45) is 0 Å². The lowest BCUT2D eigenvalue weighted by Crippen LogP contribution is -2.37. The molecule has 0 bridgehead atoms. The molecule has 1 aliphatic rings. The fourth-order valence-corrected chi connectivity index (χ4v) is 4.22. The number of carbonyl (C=O) groups is 1. The van der Waals surface area contributed by atoms with Crippen LogP contribution in [0.1, 0.15) is 51.1 Å². The number of hydroxylamine groups is 1. The van der Waals surface area contributed by atoms with Gasteiger partial charge in [-0.2, -0.15) is 4.98 Å². The third-order valence-corrected chi connectivity index (χ3v) is 6.17. The van der Waals surface area contributed by atoms with Crippen LogP contribution in [0.4, 0.5) is 5.95 Å². The Morgan fingerprint density at radius 1 is 1.17 bits per heavy atom. The van der Waals surface area contributed by atoms with Crippen LogP contribution in [0.2, 0.25) is 0 Å². The maximum absolute atomic E-state index is 11.1. The molecule has 10 nitrogen and oxygen atoms in total. The summed E-state index contributed by atoms with van der Waals surface area (Å²) in [6.45, 7) is 8.77. The minimum absolute atomic E-state index is 0.244. The predicted molar refractivity (Wildman–Crippen MR) is 134 cm³/mol. The zero-order valence-electron chi connectivity index (χ0n) is 20.5. The van der Waals surface area contributed by atoms with E-state index in [9.17, 15) is 4.79 Å². The molecule has 0 radical (unpaired) electrons. The molecular weight excluding hydrogens is 446 g/mol. The van der Waals surface area contributed by atoms with Crippen LogP contribution in [0.5, 0.6) is 0 Å². The predicted octanol–water partition coefficient (Wildman–Crippen LogP) is 3.07. The van der Waals surface area contributed by atoms with Crippen molar-refractivity contribution in [2.45, 2.75) is 52.1 Å². The van der Waals surface area contributed by atoms with Crippen LogP contribution in [0, 0.1) is 0 Å². The SMILES string of the molecule is CC(C)n1cnc2c(-c3cccc(CNCCCCCC(=O)NO)c3)nc(N3CCOCC3)nc21. The molecule has 3 aromatic rings. The van der Waals surface area contributed by atoms with Crippen molar-refractivity contribution in [3.05, 3.63) is 36.2 Å². The average molecular weight is 482 g/mol. The van der Waals surface area contributed by atoms with Crippen LogP contribution in [-0.4, -0.2) is 63.5 Å². The Morgan fingerprint density at radius 2 is 2.00 bits per heavy atom. The Kier molecular flexibility index (Phi) is 8.62. The van der Waals surface area contributed by atoms with E-state index in [4.69, 9.17) is 19.9 Å². The molecule has 0 saturated carbocycles. The highest BCUT2D eigenvalue weighted by Gasteiger charge is 2.21. The molecule has 10 heteroatoms. The number of nitrogens with one attached hydrogen (secondary N) is 2. The molecule has 188 valence electrons. The van der Waals surface area contributed by atoms with Gasteiger partial charge in [0.25, 0.3) is 0 Å². The van der Waals surface area contributed by atoms with Gasteiger partial charge in [0.1, 0.15) is 11.2 Å². The number of fused-ring (bicyclic) bond motifs is 1. The molecule has 4 rings (SSSR count). The third-order valence-electron chi connectivity index (χ3n) is 6.17. The van der Waals surface area contributed by atoms with Gasteiger partial charge >= 0.3 is 0 Å². The van der Waals surface area contributed by atoms with Gasteiger partial charge in [-0.05, 0) is 44.9 Å². The lowest BCUT2D eigenvalue weighted by molar-refractivity contribution is -0.129. The molecule has 1 amide bonds. The molecule has 0 spiro atoms. The summed E-state index contributed by atoms with van der Waals surface area (Å²) >= 11 is 0. The lowest BCUT2D eigenvalue weighted by Gasteiger charge is -2.27. The van der Waals surface area contributed by atoms with Crippen molar-refractivity contribution in [1.29, 1.82) is 0 Å². The monoisotopic (exact) mass is 481 g/mol. The van der Waals surface area contributed by atoms with Gasteiger partial charge < -0.3 is 19.5 Å². The maximum atomic E-state index is 11.1. The van der Waals surface area contributed by atoms with Gasteiger partial charge in [-0.25, -0.2) is 15.4 Å². The number of amides is 1. The van der Waals surface area contributed by atoms with Gasteiger partial charge in [0.2, 0.25) is 11.9 Å². The normalized spacial score (nSPS) is 14.1. The number of rotatable bonds is 11. The van der Waals surface area contributed by atoms with Crippen LogP contribution >= 0.6 is 0 Å². The van der Waals surface area contributed by atoms with E-state index in [-0.39, 0.29) is 11.9 Å². The van der Waals surface area contributed by atoms with Crippen molar-refractivity contribution in [3.8, 4) is 11.3 Å². The first-order valence-electron chi connectivity index (χ1n) is 12.4. The minimum Gasteiger partial charge on any atom is -0.378 e. The average Bonchev–Trinajstić information content (AvgIpc) is 3.32. The molecule has 1 saturated heterocycles. The van der Waals surface area contributed by atoms with Crippen molar-refractivity contribution in [3.63, 3.8) is 0 Å². The van der Waals surface area contributed by atoms with E-state index in [1.54, 1.807) is 5.48 Å². The van der Waals surface area contributed by atoms with E-state index >= 15 is 0 Å². The standard InChI is InChI=1S/C25H35N7O3/c1-18(2)32-17-27-23-22(28-25(29-24(23)32)31-11-13-35-14-12-31)20-8-6-7-19(15-20)16-26-10-5-3-4-9-21(33)30-34/h6-8,15,17-18,26,34H,3-5,9-14,16H2,1-2H3,(H,30,33). The smallest absolute Gasteiger partial charge is 0.243 e. The Bertz CT molecular complexity index is 1130. The summed E-state index contributed by atoms with van der Waals surface area (Å²) in [5.41, 5.74) is 6.38. The summed E-state index contributed by atoms with van der Waals surface area (Å²) in [5.74, 6) is 0.389. The number of carbonyl (C=O) groups excluding carboxylic acids is 1. The molecule has 3 N–H and O–H groups in total. The van der Waals surface area contributed by atoms with Gasteiger partial charge in [0.05, 0.1) is 19.5 Å². The number of benzene rings is 1. The largest absolute Gasteiger partial charge is 0.378 e. The number of aromatic nitrogens is 4. The van der Waals surface area contributed by atoms with Crippen molar-refractivity contribution in [2.75, 3.05) is 37.7 Å². The van der Waals surface area contributed by atoms with Gasteiger partial charge in [0, 0.05) is 37.7 Å². The topological polar surface area (TPSA) is 117 Å². The zero-order chi connectivity index (χ0) is 24.6. The fourth-order valence-electron chi connectivity index (χ4n) is 4.22. The Morgan fingerprint density at radius 3 is 2.77 bits per heavy atom. The second kappa shape index (κ2) is 12.1. The van der Waals surface area contributed by atoms with Crippen molar-refractivity contribution < 1.29 is 14.7 Å². The number of hydrogen-bond donors (Lipinski definition) is 3. The molecular formula is C25H35N7O3. The number of unbranched alkanes of at least 4 members (excludes halogenated alkanes) is 2. The number of ether oxygens (including phenoxy) is 1. The first kappa shape index (κ1) is 25.0. The number of hydrogen-bond acceptors (Lipinski definition) is 8. The van der Waals surface area contributed by atoms with Crippen LogP contribution in [-0.2, 0) is 16.1 Å². The molecule has 1 fully saturated rings. The van der Waals surface area contributed by atoms with Crippen molar-refractivity contribution >= 4 is 23.0 Å². The van der Waals surface area contributed by atoms with Gasteiger partial charge in [-0.1, -0.05) is 24.6 Å². The van der Waals surface area contributed by atoms with Gasteiger partial charge in [-0.3, -0.25) is 10.0 Å². The number of morpholine rings is 1. The molecule has 35 heavy (non-hydrogen) atoms. The maximum Gasteiger partial charge on any atom is 0.243 e.